The highest BCUT2D eigenvalue weighted by Gasteiger charge is 2.26. The Hall–Kier alpha value is -0.120. The summed E-state index contributed by atoms with van der Waals surface area (Å²) in [6.07, 6.45) is -0.847. The van der Waals surface area contributed by atoms with Gasteiger partial charge in [-0.05, 0) is 20.3 Å². The van der Waals surface area contributed by atoms with Crippen LogP contribution in [0.3, 0.4) is 0 Å². The molecule has 0 heterocycles. The lowest BCUT2D eigenvalue weighted by atomic mass is 9.91. The molecule has 0 aliphatic heterocycles. The van der Waals surface area contributed by atoms with Gasteiger partial charge in [0.05, 0.1) is 12.2 Å². The topological polar surface area (TPSA) is 60.7 Å². The van der Waals surface area contributed by atoms with E-state index in [2.05, 4.69) is 0 Å². The van der Waals surface area contributed by atoms with Crippen molar-refractivity contribution in [3.05, 3.63) is 6.10 Å². The first kappa shape index (κ1) is 10.9. The maximum absolute atomic E-state index is 9.26. The molecule has 0 aliphatic carbocycles. The van der Waals surface area contributed by atoms with Crippen molar-refractivity contribution in [2.75, 3.05) is 0 Å². The fraction of sp³-hybridized carbons (Fsp3) is 0.875. The van der Waals surface area contributed by atoms with Crippen molar-refractivity contribution < 1.29 is 15.3 Å². The zero-order valence-corrected chi connectivity index (χ0v) is 7.28. The SMILES string of the molecule is CCC([C](O)C(C)O)C(C)O. The first-order valence-electron chi connectivity index (χ1n) is 3.92. The Morgan fingerprint density at radius 3 is 1.82 bits per heavy atom. The summed E-state index contributed by atoms with van der Waals surface area (Å²) < 4.78 is 0. The van der Waals surface area contributed by atoms with Gasteiger partial charge in [0.25, 0.3) is 0 Å². The highest BCUT2D eigenvalue weighted by atomic mass is 16.3. The van der Waals surface area contributed by atoms with Crippen LogP contribution in [0.4, 0.5) is 0 Å². The average molecular weight is 161 g/mol. The second-order valence-corrected chi connectivity index (χ2v) is 2.86. The third-order valence-corrected chi connectivity index (χ3v) is 1.83. The van der Waals surface area contributed by atoms with E-state index in [1.165, 1.54) is 6.92 Å². The fourth-order valence-corrected chi connectivity index (χ4v) is 1.11. The molecule has 1 radical (unpaired) electrons. The molecule has 0 saturated carbocycles. The summed E-state index contributed by atoms with van der Waals surface area (Å²) in [6, 6.07) is 0. The second kappa shape index (κ2) is 4.70. The van der Waals surface area contributed by atoms with Crippen LogP contribution in [-0.4, -0.2) is 27.5 Å². The molecule has 0 aromatic rings. The molecular weight excluding hydrogens is 144 g/mol. The maximum atomic E-state index is 9.26. The van der Waals surface area contributed by atoms with Crippen LogP contribution in [0, 0.1) is 12.0 Å². The van der Waals surface area contributed by atoms with E-state index in [1.807, 2.05) is 6.92 Å². The number of hydrogen-bond acceptors (Lipinski definition) is 3. The lowest BCUT2D eigenvalue weighted by Crippen LogP contribution is -2.30. The quantitative estimate of drug-likeness (QED) is 0.568. The number of hydrogen-bond donors (Lipinski definition) is 3. The molecule has 67 valence electrons. The molecule has 0 bridgehead atoms. The van der Waals surface area contributed by atoms with Crippen molar-refractivity contribution in [2.24, 2.45) is 5.92 Å². The molecule has 0 amide bonds. The second-order valence-electron chi connectivity index (χ2n) is 2.86. The molecule has 3 atom stereocenters. The van der Waals surface area contributed by atoms with Crippen LogP contribution in [0.25, 0.3) is 0 Å². The Labute approximate surface area is 67.7 Å². The zero-order valence-electron chi connectivity index (χ0n) is 7.28. The first-order chi connectivity index (χ1) is 5.00. The van der Waals surface area contributed by atoms with Crippen LogP contribution in [0.2, 0.25) is 0 Å². The summed E-state index contributed by atoms with van der Waals surface area (Å²) in [4.78, 5) is 0. The molecule has 0 aromatic heterocycles. The Morgan fingerprint density at radius 1 is 1.27 bits per heavy atom. The monoisotopic (exact) mass is 161 g/mol. The summed E-state index contributed by atoms with van der Waals surface area (Å²) in [7, 11) is 0. The summed E-state index contributed by atoms with van der Waals surface area (Å²) in [5.41, 5.74) is 0. The molecular formula is C8H17O3. The van der Waals surface area contributed by atoms with E-state index in [4.69, 9.17) is 10.2 Å². The van der Waals surface area contributed by atoms with Crippen molar-refractivity contribution in [1.29, 1.82) is 0 Å². The van der Waals surface area contributed by atoms with E-state index in [0.29, 0.717) is 6.42 Å². The maximum Gasteiger partial charge on any atom is 0.127 e. The Bertz CT molecular complexity index is 102. The Kier molecular flexibility index (Phi) is 4.65. The lowest BCUT2D eigenvalue weighted by Gasteiger charge is -2.24. The predicted molar refractivity (Wildman–Crippen MR) is 42.3 cm³/mol. The third-order valence-electron chi connectivity index (χ3n) is 1.83. The van der Waals surface area contributed by atoms with Crippen LogP contribution in [0.1, 0.15) is 27.2 Å². The fourth-order valence-electron chi connectivity index (χ4n) is 1.11. The van der Waals surface area contributed by atoms with Gasteiger partial charge in [0, 0.05) is 5.92 Å². The van der Waals surface area contributed by atoms with E-state index in [1.54, 1.807) is 6.92 Å². The summed E-state index contributed by atoms with van der Waals surface area (Å²) >= 11 is 0. The summed E-state index contributed by atoms with van der Waals surface area (Å²) in [5.74, 6) is -0.310. The average Bonchev–Trinajstić information content (AvgIpc) is 1.88. The standard InChI is InChI=1S/C8H17O3/c1-4-7(5(2)9)8(11)6(3)10/h5-7,9-11H,4H2,1-3H3. The van der Waals surface area contributed by atoms with E-state index in [9.17, 15) is 5.11 Å². The van der Waals surface area contributed by atoms with Crippen molar-refractivity contribution in [2.45, 2.75) is 39.4 Å². The predicted octanol–water partition coefficient (Wildman–Crippen LogP) is 0.679. The van der Waals surface area contributed by atoms with Crippen LogP contribution < -0.4 is 0 Å². The normalized spacial score (nSPS) is 19.9. The van der Waals surface area contributed by atoms with Gasteiger partial charge in [-0.3, -0.25) is 0 Å². The minimum Gasteiger partial charge on any atom is -0.393 e. The smallest absolute Gasteiger partial charge is 0.127 e. The molecule has 0 spiro atoms. The van der Waals surface area contributed by atoms with Gasteiger partial charge < -0.3 is 15.3 Å². The largest absolute Gasteiger partial charge is 0.393 e. The molecule has 11 heavy (non-hydrogen) atoms. The van der Waals surface area contributed by atoms with Gasteiger partial charge in [-0.25, -0.2) is 0 Å². The van der Waals surface area contributed by atoms with Gasteiger partial charge in [-0.2, -0.15) is 0 Å². The van der Waals surface area contributed by atoms with Crippen molar-refractivity contribution in [1.82, 2.24) is 0 Å². The summed E-state index contributed by atoms with van der Waals surface area (Å²) in [6.45, 7) is 4.95. The Morgan fingerprint density at radius 2 is 1.73 bits per heavy atom. The number of rotatable bonds is 4. The van der Waals surface area contributed by atoms with Gasteiger partial charge in [-0.15, -0.1) is 0 Å². The van der Waals surface area contributed by atoms with Crippen molar-refractivity contribution >= 4 is 0 Å². The molecule has 0 aromatic carbocycles. The van der Waals surface area contributed by atoms with Gasteiger partial charge in [-0.1, -0.05) is 6.92 Å². The van der Waals surface area contributed by atoms with E-state index < -0.39 is 12.2 Å². The number of aliphatic hydroxyl groups excluding tert-OH is 3. The molecule has 3 N–H and O–H groups in total. The molecule has 0 saturated heterocycles. The molecule has 3 unspecified atom stereocenters. The molecule has 0 fully saturated rings. The van der Waals surface area contributed by atoms with Gasteiger partial charge in [0.1, 0.15) is 6.10 Å². The van der Waals surface area contributed by atoms with E-state index in [0.717, 1.165) is 0 Å². The lowest BCUT2D eigenvalue weighted by molar-refractivity contribution is 0.0245. The van der Waals surface area contributed by atoms with Crippen molar-refractivity contribution in [3.63, 3.8) is 0 Å². The van der Waals surface area contributed by atoms with Gasteiger partial charge >= 0.3 is 0 Å². The third kappa shape index (κ3) is 3.18. The highest BCUT2D eigenvalue weighted by molar-refractivity contribution is 4.91. The highest BCUT2D eigenvalue weighted by Crippen LogP contribution is 2.22. The van der Waals surface area contributed by atoms with Crippen LogP contribution in [0.5, 0.6) is 0 Å². The van der Waals surface area contributed by atoms with Gasteiger partial charge in [0.2, 0.25) is 0 Å². The molecule has 3 nitrogen and oxygen atoms in total. The van der Waals surface area contributed by atoms with E-state index >= 15 is 0 Å². The van der Waals surface area contributed by atoms with Crippen molar-refractivity contribution in [3.8, 4) is 0 Å². The van der Waals surface area contributed by atoms with Crippen LogP contribution >= 0.6 is 0 Å². The number of aliphatic hydroxyl groups is 3. The zero-order chi connectivity index (χ0) is 9.02. The minimum atomic E-state index is -0.852. The first-order valence-corrected chi connectivity index (χ1v) is 3.92. The molecule has 0 aliphatic rings. The van der Waals surface area contributed by atoms with Crippen LogP contribution in [0.15, 0.2) is 0 Å². The van der Waals surface area contributed by atoms with Gasteiger partial charge in [0.15, 0.2) is 0 Å². The minimum absolute atomic E-state index is 0.0255. The van der Waals surface area contributed by atoms with Crippen LogP contribution in [-0.2, 0) is 0 Å². The summed E-state index contributed by atoms with van der Waals surface area (Å²) in [5, 5.41) is 27.4. The Balaban J connectivity index is 4.02. The molecule has 0 rings (SSSR count). The van der Waals surface area contributed by atoms with E-state index in [-0.39, 0.29) is 12.0 Å². The molecule has 3 heteroatoms.